The van der Waals surface area contributed by atoms with E-state index in [0.717, 1.165) is 33.4 Å². The Kier molecular flexibility index (Phi) is 5.00. The molecule has 2 aromatic carbocycles. The molecule has 0 radical (unpaired) electrons. The predicted octanol–water partition coefficient (Wildman–Crippen LogP) is 4.31. The van der Waals surface area contributed by atoms with Crippen LogP contribution in [0.1, 0.15) is 33.4 Å². The van der Waals surface area contributed by atoms with Gasteiger partial charge < -0.3 is 9.29 Å². The summed E-state index contributed by atoms with van der Waals surface area (Å²) in [5.41, 5.74) is 6.04. The van der Waals surface area contributed by atoms with Crippen molar-refractivity contribution in [3.05, 3.63) is 51.6 Å². The standard InChI is InChI=1S/C18H23NO3S/c1-10-7-13(4)18(14(5)8-10)22-23(21)19-16-15(6)11(2)9-12(3)17(16)20/h7-9,19-20H,1-6H3. The van der Waals surface area contributed by atoms with Crippen LogP contribution in [0.15, 0.2) is 18.2 Å². The molecule has 2 aromatic rings. The minimum absolute atomic E-state index is 0.0994. The molecule has 0 fully saturated rings. The van der Waals surface area contributed by atoms with Crippen LogP contribution in [-0.4, -0.2) is 9.32 Å². The molecule has 2 rings (SSSR count). The molecule has 4 nitrogen and oxygen atoms in total. The molecule has 0 heterocycles. The van der Waals surface area contributed by atoms with E-state index in [1.54, 1.807) is 0 Å². The van der Waals surface area contributed by atoms with Crippen molar-refractivity contribution in [2.24, 2.45) is 0 Å². The summed E-state index contributed by atoms with van der Waals surface area (Å²) in [7, 11) is 0. The average molecular weight is 333 g/mol. The summed E-state index contributed by atoms with van der Waals surface area (Å²) in [6.45, 7) is 11.5. The Hall–Kier alpha value is -2.01. The van der Waals surface area contributed by atoms with Crippen LogP contribution in [0, 0.1) is 41.5 Å². The van der Waals surface area contributed by atoms with Crippen LogP contribution < -0.4 is 8.91 Å². The smallest absolute Gasteiger partial charge is 0.316 e. The van der Waals surface area contributed by atoms with E-state index < -0.39 is 11.3 Å². The number of aromatic hydroxyl groups is 1. The van der Waals surface area contributed by atoms with Crippen LogP contribution in [0.4, 0.5) is 5.69 Å². The van der Waals surface area contributed by atoms with Gasteiger partial charge in [-0.05, 0) is 69.4 Å². The number of aryl methyl sites for hydroxylation is 5. The summed E-state index contributed by atoms with van der Waals surface area (Å²) in [6, 6.07) is 5.87. The molecule has 0 saturated heterocycles. The van der Waals surface area contributed by atoms with Crippen molar-refractivity contribution < 1.29 is 13.5 Å². The first kappa shape index (κ1) is 17.3. The lowest BCUT2D eigenvalue weighted by Gasteiger charge is -2.16. The third kappa shape index (κ3) is 3.67. The third-order valence-corrected chi connectivity index (χ3v) is 4.65. The second kappa shape index (κ2) is 6.62. The number of phenols is 1. The van der Waals surface area contributed by atoms with Crippen molar-refractivity contribution in [1.29, 1.82) is 0 Å². The Balaban J connectivity index is 2.28. The molecule has 0 saturated carbocycles. The van der Waals surface area contributed by atoms with Gasteiger partial charge in [0.15, 0.2) is 0 Å². The average Bonchev–Trinajstić information content (AvgIpc) is 2.45. The number of anilines is 1. The first-order valence-electron chi connectivity index (χ1n) is 7.45. The molecule has 0 amide bonds. The van der Waals surface area contributed by atoms with Gasteiger partial charge in [0, 0.05) is 0 Å². The number of hydrogen-bond donors (Lipinski definition) is 2. The van der Waals surface area contributed by atoms with E-state index >= 15 is 0 Å². The molecule has 2 N–H and O–H groups in total. The highest BCUT2D eigenvalue weighted by molar-refractivity contribution is 7.82. The van der Waals surface area contributed by atoms with E-state index in [0.29, 0.717) is 11.4 Å². The highest BCUT2D eigenvalue weighted by Crippen LogP contribution is 2.34. The summed E-state index contributed by atoms with van der Waals surface area (Å²) in [5.74, 6) is 0.699. The maximum atomic E-state index is 12.4. The van der Waals surface area contributed by atoms with Gasteiger partial charge in [-0.3, -0.25) is 4.72 Å². The summed E-state index contributed by atoms with van der Waals surface area (Å²) < 4.78 is 20.7. The maximum absolute atomic E-state index is 12.4. The van der Waals surface area contributed by atoms with Gasteiger partial charge in [0.2, 0.25) is 0 Å². The highest BCUT2D eigenvalue weighted by atomic mass is 32.2. The van der Waals surface area contributed by atoms with Gasteiger partial charge in [0.05, 0.1) is 5.69 Å². The Morgan fingerprint density at radius 2 is 1.48 bits per heavy atom. The van der Waals surface area contributed by atoms with Crippen LogP contribution in [0.2, 0.25) is 0 Å². The van der Waals surface area contributed by atoms with Crippen LogP contribution in [0.25, 0.3) is 0 Å². The van der Waals surface area contributed by atoms with Crippen LogP contribution in [0.3, 0.4) is 0 Å². The predicted molar refractivity (Wildman–Crippen MR) is 95.4 cm³/mol. The van der Waals surface area contributed by atoms with Crippen LogP contribution in [-0.2, 0) is 11.3 Å². The van der Waals surface area contributed by atoms with Crippen molar-refractivity contribution in [2.75, 3.05) is 4.72 Å². The molecular weight excluding hydrogens is 310 g/mol. The van der Waals surface area contributed by atoms with E-state index in [9.17, 15) is 9.32 Å². The Labute approximate surface area is 140 Å². The molecule has 0 spiro atoms. The molecular formula is C18H23NO3S. The molecule has 0 aliphatic heterocycles. The second-order valence-electron chi connectivity index (χ2n) is 6.01. The fourth-order valence-corrected chi connectivity index (χ4v) is 3.55. The van der Waals surface area contributed by atoms with Gasteiger partial charge in [0.25, 0.3) is 0 Å². The molecule has 0 aliphatic rings. The number of nitrogens with one attached hydrogen (secondary N) is 1. The van der Waals surface area contributed by atoms with Gasteiger partial charge in [-0.15, -0.1) is 0 Å². The zero-order valence-corrected chi connectivity index (χ0v) is 15.2. The zero-order valence-electron chi connectivity index (χ0n) is 14.4. The van der Waals surface area contributed by atoms with Gasteiger partial charge in [-0.25, -0.2) is 0 Å². The van der Waals surface area contributed by atoms with Crippen LogP contribution >= 0.6 is 0 Å². The summed E-state index contributed by atoms with van der Waals surface area (Å²) in [5, 5.41) is 10.2. The van der Waals surface area contributed by atoms with Crippen molar-refractivity contribution in [3.8, 4) is 11.5 Å². The van der Waals surface area contributed by atoms with Crippen molar-refractivity contribution in [3.63, 3.8) is 0 Å². The number of hydrogen-bond acceptors (Lipinski definition) is 3. The fraction of sp³-hybridized carbons (Fsp3) is 0.333. The molecule has 0 bridgehead atoms. The number of phenolic OH excluding ortho intramolecular Hbond substituents is 1. The first-order chi connectivity index (χ1) is 10.7. The van der Waals surface area contributed by atoms with Gasteiger partial charge in [-0.1, -0.05) is 23.8 Å². The minimum atomic E-state index is -1.80. The van der Waals surface area contributed by atoms with E-state index in [1.165, 1.54) is 0 Å². The lowest BCUT2D eigenvalue weighted by molar-refractivity contribution is 0.473. The molecule has 124 valence electrons. The van der Waals surface area contributed by atoms with Crippen molar-refractivity contribution in [2.45, 2.75) is 41.5 Å². The normalized spacial score (nSPS) is 12.1. The van der Waals surface area contributed by atoms with E-state index in [2.05, 4.69) is 4.72 Å². The van der Waals surface area contributed by atoms with Gasteiger partial charge in [0.1, 0.15) is 11.5 Å². The lowest BCUT2D eigenvalue weighted by Crippen LogP contribution is -2.14. The fourth-order valence-electron chi connectivity index (χ4n) is 2.68. The quantitative estimate of drug-likeness (QED) is 0.820. The minimum Gasteiger partial charge on any atom is -0.505 e. The highest BCUT2D eigenvalue weighted by Gasteiger charge is 2.15. The molecule has 1 unspecified atom stereocenters. The van der Waals surface area contributed by atoms with E-state index in [-0.39, 0.29) is 5.75 Å². The second-order valence-corrected chi connectivity index (χ2v) is 6.85. The molecule has 1 atom stereocenters. The Morgan fingerprint density at radius 3 is 2.04 bits per heavy atom. The van der Waals surface area contributed by atoms with Gasteiger partial charge >= 0.3 is 11.3 Å². The molecule has 0 aliphatic carbocycles. The topological polar surface area (TPSA) is 58.6 Å². The number of benzene rings is 2. The Bertz CT molecular complexity index is 735. The zero-order chi connectivity index (χ0) is 17.3. The number of rotatable bonds is 4. The SMILES string of the molecule is Cc1cc(C)c(OS(=O)Nc2c(C)c(C)cc(C)c2O)c(C)c1. The maximum Gasteiger partial charge on any atom is 0.316 e. The lowest BCUT2D eigenvalue weighted by atomic mass is 10.0. The first-order valence-corrected chi connectivity index (χ1v) is 8.52. The molecule has 5 heteroatoms. The van der Waals surface area contributed by atoms with Crippen molar-refractivity contribution in [1.82, 2.24) is 0 Å². The van der Waals surface area contributed by atoms with E-state index in [1.807, 2.05) is 59.7 Å². The molecule has 0 aromatic heterocycles. The van der Waals surface area contributed by atoms with Crippen LogP contribution in [0.5, 0.6) is 11.5 Å². The van der Waals surface area contributed by atoms with Crippen molar-refractivity contribution >= 4 is 17.0 Å². The summed E-state index contributed by atoms with van der Waals surface area (Å²) in [4.78, 5) is 0. The summed E-state index contributed by atoms with van der Waals surface area (Å²) >= 11 is -1.80. The summed E-state index contributed by atoms with van der Waals surface area (Å²) in [6.07, 6.45) is 0. The van der Waals surface area contributed by atoms with Gasteiger partial charge in [-0.2, -0.15) is 4.21 Å². The largest absolute Gasteiger partial charge is 0.505 e. The third-order valence-electron chi connectivity index (χ3n) is 3.96. The Morgan fingerprint density at radius 1 is 0.913 bits per heavy atom. The monoisotopic (exact) mass is 333 g/mol. The molecule has 23 heavy (non-hydrogen) atoms. The van der Waals surface area contributed by atoms with E-state index in [4.69, 9.17) is 4.18 Å².